The minimum Gasteiger partial charge on any atom is -0.390 e. The topological polar surface area (TPSA) is 38.0 Å². The number of hydrogen-bond donors (Lipinski definition) is 1. The van der Waals surface area contributed by atoms with Crippen molar-refractivity contribution in [2.45, 2.75) is 17.5 Å². The van der Waals surface area contributed by atoms with Crippen molar-refractivity contribution in [3.63, 3.8) is 0 Å². The summed E-state index contributed by atoms with van der Waals surface area (Å²) >= 11 is 1.29. The van der Waals surface area contributed by atoms with Crippen LogP contribution in [0, 0.1) is 11.6 Å². The first-order valence-electron chi connectivity index (χ1n) is 5.30. The highest BCUT2D eigenvalue weighted by atomic mass is 32.2. The number of thioether (sulfide) groups is 1. The van der Waals surface area contributed by atoms with Crippen LogP contribution in [-0.2, 0) is 19.4 Å². The van der Waals surface area contributed by atoms with Crippen LogP contribution in [0.3, 0.4) is 0 Å². The van der Waals surface area contributed by atoms with Gasteiger partial charge in [0.15, 0.2) is 16.8 Å². The fraction of sp³-hybridized carbons (Fsp3) is 0.250. The van der Waals surface area contributed by atoms with Crippen molar-refractivity contribution < 1.29 is 13.9 Å². The number of hydrogen-bond acceptors (Lipinski definition) is 3. The lowest BCUT2D eigenvalue weighted by Crippen LogP contribution is -1.98. The first kappa shape index (κ1) is 13.0. The van der Waals surface area contributed by atoms with Crippen molar-refractivity contribution in [2.75, 3.05) is 0 Å². The summed E-state index contributed by atoms with van der Waals surface area (Å²) in [5, 5.41) is 9.67. The Kier molecular flexibility index (Phi) is 3.98. The molecule has 0 aliphatic carbocycles. The highest BCUT2D eigenvalue weighted by Gasteiger charge is 2.10. The summed E-state index contributed by atoms with van der Waals surface area (Å²) in [7, 11) is 1.77. The molecule has 3 nitrogen and oxygen atoms in total. The van der Waals surface area contributed by atoms with Gasteiger partial charge in [0.2, 0.25) is 0 Å². The molecule has 0 aliphatic rings. The van der Waals surface area contributed by atoms with Crippen molar-refractivity contribution in [2.24, 2.45) is 7.05 Å². The molecular weight excluding hydrogens is 258 g/mol. The van der Waals surface area contributed by atoms with Crippen LogP contribution >= 0.6 is 11.8 Å². The van der Waals surface area contributed by atoms with Gasteiger partial charge in [-0.05, 0) is 6.07 Å². The Labute approximate surface area is 107 Å². The molecule has 0 spiro atoms. The minimum absolute atomic E-state index is 0.0988. The smallest absolute Gasteiger partial charge is 0.168 e. The van der Waals surface area contributed by atoms with E-state index in [4.69, 9.17) is 5.11 Å². The first-order chi connectivity index (χ1) is 8.63. The van der Waals surface area contributed by atoms with Crippen molar-refractivity contribution in [3.8, 4) is 0 Å². The van der Waals surface area contributed by atoms with Crippen molar-refractivity contribution in [3.05, 3.63) is 47.3 Å². The summed E-state index contributed by atoms with van der Waals surface area (Å²) in [5.74, 6) is -1.37. The van der Waals surface area contributed by atoms with Gasteiger partial charge < -0.3 is 9.67 Å². The Morgan fingerprint density at radius 2 is 2.17 bits per heavy atom. The molecular formula is C12H12F2N2OS. The molecule has 0 amide bonds. The third-order valence-electron chi connectivity index (χ3n) is 2.59. The normalized spacial score (nSPS) is 10.9. The Balaban J connectivity index is 2.11. The number of aromatic nitrogens is 2. The standard InChI is InChI=1S/C12H12F2N2OS/c1-16-9(6-17)5-15-12(16)18-7-8-3-2-4-10(13)11(8)14/h2-5,17H,6-7H2,1H3. The second-order valence-corrected chi connectivity index (χ2v) is 4.69. The van der Waals surface area contributed by atoms with Gasteiger partial charge in [0.1, 0.15) is 0 Å². The third kappa shape index (κ3) is 2.54. The van der Waals surface area contributed by atoms with Gasteiger partial charge in [-0.15, -0.1) is 0 Å². The number of aliphatic hydroxyl groups excluding tert-OH is 1. The zero-order chi connectivity index (χ0) is 13.1. The third-order valence-corrected chi connectivity index (χ3v) is 3.68. The number of aliphatic hydroxyl groups is 1. The molecule has 1 aromatic carbocycles. The predicted molar refractivity (Wildman–Crippen MR) is 65.0 cm³/mol. The lowest BCUT2D eigenvalue weighted by molar-refractivity contribution is 0.271. The highest BCUT2D eigenvalue weighted by Crippen LogP contribution is 2.24. The molecule has 1 N–H and O–H groups in total. The summed E-state index contributed by atoms with van der Waals surface area (Å²) in [6, 6.07) is 4.11. The van der Waals surface area contributed by atoms with Gasteiger partial charge in [-0.1, -0.05) is 23.9 Å². The molecule has 2 aromatic rings. The Morgan fingerprint density at radius 1 is 1.39 bits per heavy atom. The van der Waals surface area contributed by atoms with Gasteiger partial charge in [-0.2, -0.15) is 0 Å². The highest BCUT2D eigenvalue weighted by molar-refractivity contribution is 7.98. The maximum Gasteiger partial charge on any atom is 0.168 e. The maximum atomic E-state index is 13.4. The molecule has 0 aliphatic heterocycles. The quantitative estimate of drug-likeness (QED) is 0.867. The summed E-state index contributed by atoms with van der Waals surface area (Å²) < 4.78 is 28.1. The summed E-state index contributed by atoms with van der Waals surface area (Å²) in [4.78, 5) is 4.10. The average Bonchev–Trinajstić information content (AvgIpc) is 2.72. The largest absolute Gasteiger partial charge is 0.390 e. The molecule has 0 unspecified atom stereocenters. The molecule has 0 fully saturated rings. The molecule has 0 saturated heterocycles. The molecule has 96 valence electrons. The number of benzene rings is 1. The molecule has 0 bridgehead atoms. The fourth-order valence-corrected chi connectivity index (χ4v) is 2.45. The zero-order valence-corrected chi connectivity index (χ0v) is 10.5. The van der Waals surface area contributed by atoms with E-state index in [9.17, 15) is 8.78 Å². The van der Waals surface area contributed by atoms with Crippen LogP contribution in [0.4, 0.5) is 8.78 Å². The lowest BCUT2D eigenvalue weighted by atomic mass is 10.2. The van der Waals surface area contributed by atoms with E-state index in [2.05, 4.69) is 4.98 Å². The monoisotopic (exact) mass is 270 g/mol. The Hall–Kier alpha value is -1.40. The van der Waals surface area contributed by atoms with E-state index in [1.54, 1.807) is 23.9 Å². The summed E-state index contributed by atoms with van der Waals surface area (Å²) in [6.07, 6.45) is 1.56. The summed E-state index contributed by atoms with van der Waals surface area (Å²) in [6.45, 7) is -0.0988. The second-order valence-electron chi connectivity index (χ2n) is 3.75. The number of nitrogens with zero attached hydrogens (tertiary/aromatic N) is 2. The first-order valence-corrected chi connectivity index (χ1v) is 6.29. The second kappa shape index (κ2) is 5.49. The van der Waals surface area contributed by atoms with Crippen LogP contribution in [0.15, 0.2) is 29.6 Å². The van der Waals surface area contributed by atoms with Crippen molar-refractivity contribution in [1.29, 1.82) is 0 Å². The maximum absolute atomic E-state index is 13.4. The van der Waals surface area contributed by atoms with E-state index in [1.807, 2.05) is 0 Å². The zero-order valence-electron chi connectivity index (χ0n) is 9.73. The van der Waals surface area contributed by atoms with Crippen LogP contribution in [0.25, 0.3) is 0 Å². The number of imidazole rings is 1. The minimum atomic E-state index is -0.844. The average molecular weight is 270 g/mol. The van der Waals surface area contributed by atoms with Gasteiger partial charge >= 0.3 is 0 Å². The molecule has 6 heteroatoms. The van der Waals surface area contributed by atoms with E-state index in [0.717, 1.165) is 6.07 Å². The van der Waals surface area contributed by atoms with Gasteiger partial charge in [-0.3, -0.25) is 0 Å². The molecule has 18 heavy (non-hydrogen) atoms. The number of halogens is 2. The van der Waals surface area contributed by atoms with Gasteiger partial charge in [0.25, 0.3) is 0 Å². The molecule has 0 saturated carbocycles. The van der Waals surface area contributed by atoms with E-state index < -0.39 is 11.6 Å². The van der Waals surface area contributed by atoms with Gasteiger partial charge in [-0.25, -0.2) is 13.8 Å². The van der Waals surface area contributed by atoms with Crippen molar-refractivity contribution >= 4 is 11.8 Å². The Morgan fingerprint density at radius 3 is 2.83 bits per heavy atom. The molecule has 0 atom stereocenters. The van der Waals surface area contributed by atoms with E-state index >= 15 is 0 Å². The van der Waals surface area contributed by atoms with Crippen LogP contribution in [0.2, 0.25) is 0 Å². The molecule has 1 aromatic heterocycles. The van der Waals surface area contributed by atoms with E-state index in [1.165, 1.54) is 17.8 Å². The van der Waals surface area contributed by atoms with E-state index in [-0.39, 0.29) is 6.61 Å². The molecule has 0 radical (unpaired) electrons. The lowest BCUT2D eigenvalue weighted by Gasteiger charge is -2.05. The fourth-order valence-electron chi connectivity index (χ4n) is 1.51. The van der Waals surface area contributed by atoms with Gasteiger partial charge in [0.05, 0.1) is 18.5 Å². The van der Waals surface area contributed by atoms with Crippen LogP contribution < -0.4 is 0 Å². The van der Waals surface area contributed by atoms with Gasteiger partial charge in [0, 0.05) is 18.4 Å². The van der Waals surface area contributed by atoms with Crippen molar-refractivity contribution in [1.82, 2.24) is 9.55 Å². The van der Waals surface area contributed by atoms with Crippen LogP contribution in [-0.4, -0.2) is 14.7 Å². The molecule has 2 rings (SSSR count). The van der Waals surface area contributed by atoms with Crippen LogP contribution in [0.1, 0.15) is 11.3 Å². The van der Waals surface area contributed by atoms with Crippen LogP contribution in [0.5, 0.6) is 0 Å². The Bertz CT molecular complexity index is 557. The summed E-state index contributed by atoms with van der Waals surface area (Å²) in [5.41, 5.74) is 0.978. The predicted octanol–water partition coefficient (Wildman–Crippen LogP) is 2.48. The van der Waals surface area contributed by atoms with E-state index in [0.29, 0.717) is 22.2 Å². The molecule has 1 heterocycles. The number of rotatable bonds is 4. The SMILES string of the molecule is Cn1c(CO)cnc1SCc1cccc(F)c1F.